The molecule has 0 bridgehead atoms. The fraction of sp³-hybridized carbons (Fsp3) is 0.312. The van der Waals surface area contributed by atoms with Crippen molar-refractivity contribution in [1.82, 2.24) is 0 Å². The maximum absolute atomic E-state index is 12.4. The van der Waals surface area contributed by atoms with Crippen molar-refractivity contribution in [1.29, 1.82) is 0 Å². The van der Waals surface area contributed by atoms with Gasteiger partial charge >= 0.3 is 12.1 Å². The van der Waals surface area contributed by atoms with Crippen molar-refractivity contribution in [3.8, 4) is 5.75 Å². The molecule has 2 rings (SSSR count). The van der Waals surface area contributed by atoms with Crippen LogP contribution in [0.25, 0.3) is 10.8 Å². The largest absolute Gasteiger partial charge is 0.493 e. The molecule has 0 unspecified atom stereocenters. The fourth-order valence-electron chi connectivity index (χ4n) is 1.96. The van der Waals surface area contributed by atoms with Crippen molar-refractivity contribution in [2.24, 2.45) is 5.92 Å². The molecule has 0 aliphatic carbocycles. The smallest absolute Gasteiger partial charge is 0.471 e. The average Bonchev–Trinajstić information content (AvgIpc) is 2.45. The van der Waals surface area contributed by atoms with Crippen LogP contribution in [0, 0.1) is 5.92 Å². The Kier molecular flexibility index (Phi) is 4.59. The molecule has 2 aromatic carbocycles. The molecule has 0 radical (unpaired) electrons. The summed E-state index contributed by atoms with van der Waals surface area (Å²) in [7, 11) is 0. The van der Waals surface area contributed by atoms with Crippen LogP contribution in [0.1, 0.15) is 13.8 Å². The minimum Gasteiger partial charge on any atom is -0.493 e. The van der Waals surface area contributed by atoms with Crippen LogP contribution in [0.15, 0.2) is 36.4 Å². The van der Waals surface area contributed by atoms with Gasteiger partial charge in [-0.15, -0.1) is 0 Å². The zero-order valence-electron chi connectivity index (χ0n) is 12.2. The van der Waals surface area contributed by atoms with Crippen molar-refractivity contribution in [3.05, 3.63) is 36.4 Å². The molecule has 0 aliphatic heterocycles. The predicted molar refractivity (Wildman–Crippen MR) is 79.0 cm³/mol. The third kappa shape index (κ3) is 3.69. The van der Waals surface area contributed by atoms with Crippen molar-refractivity contribution in [3.63, 3.8) is 0 Å². The van der Waals surface area contributed by atoms with E-state index in [9.17, 15) is 18.0 Å². The van der Waals surface area contributed by atoms with Gasteiger partial charge in [0.1, 0.15) is 5.75 Å². The van der Waals surface area contributed by atoms with E-state index in [4.69, 9.17) is 4.74 Å². The van der Waals surface area contributed by atoms with Crippen LogP contribution < -0.4 is 10.1 Å². The highest BCUT2D eigenvalue weighted by Crippen LogP contribution is 2.32. The van der Waals surface area contributed by atoms with Crippen LogP contribution in [0.2, 0.25) is 0 Å². The molecule has 1 amide bonds. The molecule has 0 saturated carbocycles. The first-order valence-corrected chi connectivity index (χ1v) is 6.81. The number of ether oxygens (including phenoxy) is 1. The molecule has 0 fully saturated rings. The molecule has 2 aromatic rings. The molecule has 22 heavy (non-hydrogen) atoms. The van der Waals surface area contributed by atoms with Gasteiger partial charge in [0.25, 0.3) is 0 Å². The SMILES string of the molecule is CC(C)COc1ccc(NC(=O)C(F)(F)F)c2ccccc12. The number of nitrogens with one attached hydrogen (secondary N) is 1. The van der Waals surface area contributed by atoms with Gasteiger partial charge in [-0.3, -0.25) is 4.79 Å². The molecule has 0 aromatic heterocycles. The Morgan fingerprint density at radius 2 is 1.77 bits per heavy atom. The average molecular weight is 311 g/mol. The van der Waals surface area contributed by atoms with Crippen LogP contribution in [-0.2, 0) is 4.79 Å². The van der Waals surface area contributed by atoms with E-state index in [0.29, 0.717) is 29.0 Å². The van der Waals surface area contributed by atoms with E-state index < -0.39 is 12.1 Å². The molecular weight excluding hydrogens is 295 g/mol. The normalized spacial score (nSPS) is 11.7. The third-order valence-corrected chi connectivity index (χ3v) is 2.96. The van der Waals surface area contributed by atoms with Gasteiger partial charge in [-0.25, -0.2) is 0 Å². The number of alkyl halides is 3. The molecule has 0 aliphatic rings. The quantitative estimate of drug-likeness (QED) is 0.910. The number of hydrogen-bond donors (Lipinski definition) is 1. The lowest BCUT2D eigenvalue weighted by atomic mass is 10.1. The molecule has 6 heteroatoms. The summed E-state index contributed by atoms with van der Waals surface area (Å²) in [6.07, 6.45) is -4.92. The van der Waals surface area contributed by atoms with Gasteiger partial charge in [-0.05, 0) is 18.1 Å². The third-order valence-electron chi connectivity index (χ3n) is 2.96. The van der Waals surface area contributed by atoms with E-state index in [1.54, 1.807) is 30.3 Å². The van der Waals surface area contributed by atoms with Gasteiger partial charge in [0, 0.05) is 16.5 Å². The first-order valence-electron chi connectivity index (χ1n) is 6.81. The number of hydrogen-bond acceptors (Lipinski definition) is 2. The molecular formula is C16H16F3NO2. The molecule has 0 atom stereocenters. The molecule has 118 valence electrons. The van der Waals surface area contributed by atoms with Gasteiger partial charge in [-0.1, -0.05) is 38.1 Å². The van der Waals surface area contributed by atoms with E-state index in [0.717, 1.165) is 0 Å². The van der Waals surface area contributed by atoms with Gasteiger partial charge in [0.05, 0.1) is 6.61 Å². The number of anilines is 1. The second-order valence-electron chi connectivity index (χ2n) is 5.31. The zero-order chi connectivity index (χ0) is 16.3. The number of amides is 1. The highest BCUT2D eigenvalue weighted by Gasteiger charge is 2.38. The first kappa shape index (κ1) is 16.1. The predicted octanol–water partition coefficient (Wildman–Crippen LogP) is 4.38. The monoisotopic (exact) mass is 311 g/mol. The van der Waals surface area contributed by atoms with Crippen molar-refractivity contribution < 1.29 is 22.7 Å². The van der Waals surface area contributed by atoms with E-state index in [1.807, 2.05) is 19.2 Å². The Morgan fingerprint density at radius 3 is 2.36 bits per heavy atom. The number of rotatable bonds is 4. The summed E-state index contributed by atoms with van der Waals surface area (Å²) in [5.74, 6) is -1.09. The first-order chi connectivity index (χ1) is 10.3. The number of carbonyl (C=O) groups excluding carboxylic acids is 1. The van der Waals surface area contributed by atoms with Gasteiger partial charge in [0.15, 0.2) is 0 Å². The van der Waals surface area contributed by atoms with E-state index in [2.05, 4.69) is 0 Å². The summed E-state index contributed by atoms with van der Waals surface area (Å²) in [4.78, 5) is 11.1. The summed E-state index contributed by atoms with van der Waals surface area (Å²) in [5.41, 5.74) is 0.106. The maximum Gasteiger partial charge on any atom is 0.471 e. The van der Waals surface area contributed by atoms with E-state index in [1.165, 1.54) is 6.07 Å². The zero-order valence-corrected chi connectivity index (χ0v) is 12.2. The lowest BCUT2D eigenvalue weighted by Crippen LogP contribution is -2.30. The van der Waals surface area contributed by atoms with Crippen molar-refractivity contribution in [2.75, 3.05) is 11.9 Å². The van der Waals surface area contributed by atoms with Crippen molar-refractivity contribution >= 4 is 22.4 Å². The van der Waals surface area contributed by atoms with Gasteiger partial charge in [-0.2, -0.15) is 13.2 Å². The summed E-state index contributed by atoms with van der Waals surface area (Å²) in [6, 6.07) is 9.83. The summed E-state index contributed by atoms with van der Waals surface area (Å²) in [6.45, 7) is 4.50. The topological polar surface area (TPSA) is 38.3 Å². The standard InChI is InChI=1S/C16H16F3NO2/c1-10(2)9-22-14-8-7-13(20-15(21)16(17,18)19)11-5-3-4-6-12(11)14/h3-8,10H,9H2,1-2H3,(H,20,21). The lowest BCUT2D eigenvalue weighted by molar-refractivity contribution is -0.167. The highest BCUT2D eigenvalue weighted by atomic mass is 19.4. The van der Waals surface area contributed by atoms with Gasteiger partial charge in [0.2, 0.25) is 0 Å². The summed E-state index contributed by atoms with van der Waals surface area (Å²) >= 11 is 0. The Hall–Kier alpha value is -2.24. The number of fused-ring (bicyclic) bond motifs is 1. The van der Waals surface area contributed by atoms with E-state index in [-0.39, 0.29) is 5.69 Å². The van der Waals surface area contributed by atoms with Crippen molar-refractivity contribution in [2.45, 2.75) is 20.0 Å². The van der Waals surface area contributed by atoms with Crippen LogP contribution >= 0.6 is 0 Å². The number of benzene rings is 2. The Balaban J connectivity index is 2.38. The molecule has 3 nitrogen and oxygen atoms in total. The minimum atomic E-state index is -4.92. The Morgan fingerprint density at radius 1 is 1.14 bits per heavy atom. The second kappa shape index (κ2) is 6.25. The molecule has 0 spiro atoms. The number of carbonyl (C=O) groups is 1. The van der Waals surface area contributed by atoms with Gasteiger partial charge < -0.3 is 10.1 Å². The Bertz CT molecular complexity index is 681. The van der Waals surface area contributed by atoms with E-state index >= 15 is 0 Å². The lowest BCUT2D eigenvalue weighted by Gasteiger charge is -2.15. The van der Waals surface area contributed by atoms with Crippen LogP contribution in [-0.4, -0.2) is 18.7 Å². The van der Waals surface area contributed by atoms with Crippen LogP contribution in [0.3, 0.4) is 0 Å². The molecule has 0 saturated heterocycles. The molecule has 1 N–H and O–H groups in total. The fourth-order valence-corrected chi connectivity index (χ4v) is 1.96. The molecule has 0 heterocycles. The maximum atomic E-state index is 12.4. The highest BCUT2D eigenvalue weighted by molar-refractivity contribution is 6.05. The Labute approximate surface area is 126 Å². The number of halogens is 3. The minimum absolute atomic E-state index is 0.106. The summed E-state index contributed by atoms with van der Waals surface area (Å²) in [5, 5.41) is 3.05. The van der Waals surface area contributed by atoms with Crippen LogP contribution in [0.5, 0.6) is 5.75 Å². The second-order valence-corrected chi connectivity index (χ2v) is 5.31. The van der Waals surface area contributed by atoms with Crippen LogP contribution in [0.4, 0.5) is 18.9 Å². The summed E-state index contributed by atoms with van der Waals surface area (Å²) < 4.78 is 42.8.